The zero-order valence-corrected chi connectivity index (χ0v) is 13.4. The van der Waals surface area contributed by atoms with Crippen LogP contribution in [0.5, 0.6) is 0 Å². The summed E-state index contributed by atoms with van der Waals surface area (Å²) in [5, 5.41) is 18.5. The number of aliphatic hydroxyl groups excluding tert-OH is 1. The van der Waals surface area contributed by atoms with Gasteiger partial charge in [0.2, 0.25) is 0 Å². The predicted octanol–water partition coefficient (Wildman–Crippen LogP) is 3.50. The summed E-state index contributed by atoms with van der Waals surface area (Å²) in [5.74, 6) is -0.476. The monoisotopic (exact) mass is 308 g/mol. The molecule has 0 saturated heterocycles. The number of ketones is 1. The van der Waals surface area contributed by atoms with Gasteiger partial charge in [0.05, 0.1) is 6.10 Å². The number of carboxylic acids is 1. The molecule has 0 aliphatic heterocycles. The van der Waals surface area contributed by atoms with Gasteiger partial charge in [-0.15, -0.1) is 0 Å². The molecule has 0 bridgehead atoms. The van der Waals surface area contributed by atoms with Crippen molar-refractivity contribution in [3.8, 4) is 0 Å². The molecule has 0 amide bonds. The maximum Gasteiger partial charge on any atom is 0.303 e. The van der Waals surface area contributed by atoms with Crippen LogP contribution in [0.3, 0.4) is 0 Å². The Hall–Kier alpha value is -1.42. The van der Waals surface area contributed by atoms with Gasteiger partial charge in [-0.2, -0.15) is 0 Å². The molecule has 124 valence electrons. The molecule has 2 N–H and O–H groups in total. The lowest BCUT2D eigenvalue weighted by Crippen LogP contribution is -2.15. The highest BCUT2D eigenvalue weighted by Gasteiger charge is 2.27. The second kappa shape index (κ2) is 10.3. The number of carbonyl (C=O) groups excluding carboxylic acids is 1. The van der Waals surface area contributed by atoms with Crippen molar-refractivity contribution in [2.75, 3.05) is 0 Å². The highest BCUT2D eigenvalue weighted by Crippen LogP contribution is 2.28. The van der Waals surface area contributed by atoms with Gasteiger partial charge in [-0.1, -0.05) is 44.4 Å². The molecular formula is C18H28O4. The molecule has 0 aromatic heterocycles. The molecule has 0 aromatic rings. The van der Waals surface area contributed by atoms with Gasteiger partial charge in [0, 0.05) is 18.3 Å². The molecule has 0 spiro atoms. The molecule has 3 atom stereocenters. The third-order valence-corrected chi connectivity index (χ3v) is 4.13. The van der Waals surface area contributed by atoms with Crippen LogP contribution in [0.25, 0.3) is 0 Å². The number of hydrogen-bond acceptors (Lipinski definition) is 3. The van der Waals surface area contributed by atoms with Crippen LogP contribution in [0, 0.1) is 11.8 Å². The van der Waals surface area contributed by atoms with E-state index in [4.69, 9.17) is 5.11 Å². The van der Waals surface area contributed by atoms with Crippen molar-refractivity contribution in [2.24, 2.45) is 11.8 Å². The Morgan fingerprint density at radius 3 is 2.77 bits per heavy atom. The first kappa shape index (κ1) is 18.6. The van der Waals surface area contributed by atoms with Crippen molar-refractivity contribution >= 4 is 11.8 Å². The van der Waals surface area contributed by atoms with E-state index >= 15 is 0 Å². The van der Waals surface area contributed by atoms with E-state index in [9.17, 15) is 14.7 Å². The summed E-state index contributed by atoms with van der Waals surface area (Å²) in [5.41, 5.74) is 0. The number of hydrogen-bond donors (Lipinski definition) is 2. The third-order valence-electron chi connectivity index (χ3n) is 4.13. The molecule has 22 heavy (non-hydrogen) atoms. The number of allylic oxidation sites excluding steroid dienone is 3. The fourth-order valence-electron chi connectivity index (χ4n) is 2.78. The van der Waals surface area contributed by atoms with Gasteiger partial charge in [-0.3, -0.25) is 9.59 Å². The first-order valence-electron chi connectivity index (χ1n) is 8.34. The standard InChI is InChI=1S/C18H28O4/c1-2-3-4-8-16-14(11-13-17(16)20)10-12-15(19)7-5-6-9-18(21)22/h10-16,19H,2-9H2,1H3,(H,21,22)/b12-10+/t14-,15-,16-/m0/s1. The highest BCUT2D eigenvalue weighted by atomic mass is 16.4. The van der Waals surface area contributed by atoms with Crippen LogP contribution in [0.1, 0.15) is 58.3 Å². The molecule has 1 aliphatic rings. The number of aliphatic hydroxyl groups is 1. The maximum absolute atomic E-state index is 11.9. The number of aliphatic carboxylic acids is 1. The summed E-state index contributed by atoms with van der Waals surface area (Å²) < 4.78 is 0. The Bertz CT molecular complexity index is 411. The van der Waals surface area contributed by atoms with Gasteiger partial charge in [0.15, 0.2) is 5.78 Å². The van der Waals surface area contributed by atoms with Gasteiger partial charge in [-0.05, 0) is 31.8 Å². The summed E-state index contributed by atoms with van der Waals surface area (Å²) in [7, 11) is 0. The minimum Gasteiger partial charge on any atom is -0.481 e. The van der Waals surface area contributed by atoms with E-state index in [1.807, 2.05) is 12.2 Å². The Kier molecular flexibility index (Phi) is 8.75. The van der Waals surface area contributed by atoms with Gasteiger partial charge in [-0.25, -0.2) is 0 Å². The van der Waals surface area contributed by atoms with Gasteiger partial charge >= 0.3 is 5.97 Å². The van der Waals surface area contributed by atoms with Crippen molar-refractivity contribution in [1.82, 2.24) is 0 Å². The Labute approximate surface area is 132 Å². The Morgan fingerprint density at radius 1 is 1.32 bits per heavy atom. The van der Waals surface area contributed by atoms with Crippen LogP contribution < -0.4 is 0 Å². The molecule has 1 rings (SSSR count). The fraction of sp³-hybridized carbons (Fsp3) is 0.667. The zero-order valence-electron chi connectivity index (χ0n) is 13.4. The lowest BCUT2D eigenvalue weighted by atomic mass is 9.89. The summed E-state index contributed by atoms with van der Waals surface area (Å²) in [4.78, 5) is 22.3. The summed E-state index contributed by atoms with van der Waals surface area (Å²) in [6.07, 6.45) is 13.0. The van der Waals surface area contributed by atoms with Crippen LogP contribution in [0.2, 0.25) is 0 Å². The number of rotatable bonds is 11. The van der Waals surface area contributed by atoms with E-state index in [1.165, 1.54) is 0 Å². The van der Waals surface area contributed by atoms with Crippen LogP contribution in [-0.2, 0) is 9.59 Å². The van der Waals surface area contributed by atoms with Crippen molar-refractivity contribution in [2.45, 2.75) is 64.4 Å². The van der Waals surface area contributed by atoms with Crippen LogP contribution in [0.4, 0.5) is 0 Å². The van der Waals surface area contributed by atoms with Gasteiger partial charge < -0.3 is 10.2 Å². The summed E-state index contributed by atoms with van der Waals surface area (Å²) in [6, 6.07) is 0. The van der Waals surface area contributed by atoms with Gasteiger partial charge in [0.1, 0.15) is 0 Å². The fourth-order valence-corrected chi connectivity index (χ4v) is 2.78. The average molecular weight is 308 g/mol. The molecular weight excluding hydrogens is 280 g/mol. The van der Waals surface area contributed by atoms with Crippen molar-refractivity contribution in [1.29, 1.82) is 0 Å². The first-order chi connectivity index (χ1) is 10.5. The largest absolute Gasteiger partial charge is 0.481 e. The SMILES string of the molecule is CCCCC[C@@H]1C(=O)C=C[C@@H]1/C=C/[C@@H](O)CCCCC(=O)O. The van der Waals surface area contributed by atoms with Crippen LogP contribution in [0.15, 0.2) is 24.3 Å². The maximum atomic E-state index is 11.9. The first-order valence-corrected chi connectivity index (χ1v) is 8.34. The molecule has 0 heterocycles. The lowest BCUT2D eigenvalue weighted by Gasteiger charge is -2.15. The van der Waals surface area contributed by atoms with Crippen LogP contribution in [-0.4, -0.2) is 28.1 Å². The number of unbranched alkanes of at least 4 members (excludes halogenated alkanes) is 3. The predicted molar refractivity (Wildman–Crippen MR) is 86.5 cm³/mol. The van der Waals surface area contributed by atoms with E-state index in [-0.39, 0.29) is 24.0 Å². The zero-order chi connectivity index (χ0) is 16.4. The molecule has 4 nitrogen and oxygen atoms in total. The number of carbonyl (C=O) groups is 2. The topological polar surface area (TPSA) is 74.6 Å². The van der Waals surface area contributed by atoms with E-state index in [2.05, 4.69) is 6.92 Å². The summed E-state index contributed by atoms with van der Waals surface area (Å²) in [6.45, 7) is 2.15. The molecule has 4 heteroatoms. The minimum atomic E-state index is -0.797. The minimum absolute atomic E-state index is 0.0296. The highest BCUT2D eigenvalue weighted by molar-refractivity contribution is 5.94. The quantitative estimate of drug-likeness (QED) is 0.452. The molecule has 0 saturated carbocycles. The van der Waals surface area contributed by atoms with Crippen molar-refractivity contribution in [3.05, 3.63) is 24.3 Å². The molecule has 1 aliphatic carbocycles. The average Bonchev–Trinajstić information content (AvgIpc) is 2.82. The lowest BCUT2D eigenvalue weighted by molar-refractivity contribution is -0.137. The molecule has 0 aromatic carbocycles. The van der Waals surface area contributed by atoms with Crippen molar-refractivity contribution in [3.63, 3.8) is 0 Å². The Balaban J connectivity index is 2.34. The smallest absolute Gasteiger partial charge is 0.303 e. The normalized spacial score (nSPS) is 22.5. The molecule has 0 fully saturated rings. The van der Waals surface area contributed by atoms with E-state index in [0.29, 0.717) is 19.3 Å². The van der Waals surface area contributed by atoms with E-state index in [0.717, 1.165) is 25.7 Å². The van der Waals surface area contributed by atoms with E-state index in [1.54, 1.807) is 12.2 Å². The van der Waals surface area contributed by atoms with Crippen molar-refractivity contribution < 1.29 is 19.8 Å². The molecule has 0 radical (unpaired) electrons. The van der Waals surface area contributed by atoms with Crippen LogP contribution >= 0.6 is 0 Å². The second-order valence-corrected chi connectivity index (χ2v) is 6.03. The second-order valence-electron chi connectivity index (χ2n) is 6.03. The Morgan fingerprint density at radius 2 is 2.09 bits per heavy atom. The number of carboxylic acid groups (broad SMARTS) is 1. The summed E-state index contributed by atoms with van der Waals surface area (Å²) >= 11 is 0. The van der Waals surface area contributed by atoms with E-state index < -0.39 is 12.1 Å². The third kappa shape index (κ3) is 7.03. The molecule has 0 unspecified atom stereocenters. The van der Waals surface area contributed by atoms with Gasteiger partial charge in [0.25, 0.3) is 0 Å².